The topological polar surface area (TPSA) is 62.5 Å². The van der Waals surface area contributed by atoms with Gasteiger partial charge in [0.25, 0.3) is 0 Å². The first kappa shape index (κ1) is 14.5. The molecule has 2 N–H and O–H groups in total. The Kier molecular flexibility index (Phi) is 4.06. The number of rotatable bonds is 5. The summed E-state index contributed by atoms with van der Waals surface area (Å²) in [5, 5.41) is 12.9. The number of aliphatic hydroxyl groups excluding tert-OH is 1. The standard InChI is InChI=1S/C17H20N4O/c1-12(2)9-19-16-17-20-10-15(21(17)8-7-18-16)14-6-4-3-5-13(14)11-22/h3-8,10,12,22H,9,11H2,1-2H3,(H,18,19). The molecule has 2 aromatic heterocycles. The Hall–Kier alpha value is -2.40. The highest BCUT2D eigenvalue weighted by Gasteiger charge is 2.12. The van der Waals surface area contributed by atoms with Gasteiger partial charge in [-0.25, -0.2) is 9.97 Å². The summed E-state index contributed by atoms with van der Waals surface area (Å²) in [6.45, 7) is 5.16. The predicted molar refractivity (Wildman–Crippen MR) is 87.7 cm³/mol. The van der Waals surface area contributed by atoms with Crippen LogP contribution in [0.15, 0.2) is 42.9 Å². The van der Waals surface area contributed by atoms with Crippen LogP contribution in [0.25, 0.3) is 16.9 Å². The van der Waals surface area contributed by atoms with E-state index in [0.717, 1.165) is 34.8 Å². The zero-order valence-electron chi connectivity index (χ0n) is 12.8. The second-order valence-corrected chi connectivity index (χ2v) is 5.70. The Balaban J connectivity index is 2.07. The first-order valence-electron chi connectivity index (χ1n) is 7.45. The van der Waals surface area contributed by atoms with Crippen LogP contribution in [-0.4, -0.2) is 26.0 Å². The summed E-state index contributed by atoms with van der Waals surface area (Å²) < 4.78 is 2.00. The van der Waals surface area contributed by atoms with Crippen LogP contribution in [0.4, 0.5) is 5.82 Å². The summed E-state index contributed by atoms with van der Waals surface area (Å²) in [6, 6.07) is 7.81. The van der Waals surface area contributed by atoms with Crippen LogP contribution in [-0.2, 0) is 6.61 Å². The van der Waals surface area contributed by atoms with E-state index in [9.17, 15) is 5.11 Å². The molecule has 2 heterocycles. The molecule has 0 aliphatic carbocycles. The van der Waals surface area contributed by atoms with Crippen molar-refractivity contribution in [2.75, 3.05) is 11.9 Å². The van der Waals surface area contributed by atoms with Gasteiger partial charge in [0.05, 0.1) is 18.5 Å². The van der Waals surface area contributed by atoms with E-state index >= 15 is 0 Å². The van der Waals surface area contributed by atoms with E-state index in [1.54, 1.807) is 6.20 Å². The molecular formula is C17H20N4O. The number of nitrogens with one attached hydrogen (secondary N) is 1. The smallest absolute Gasteiger partial charge is 0.180 e. The molecule has 0 spiro atoms. The van der Waals surface area contributed by atoms with Crippen molar-refractivity contribution >= 4 is 11.5 Å². The van der Waals surface area contributed by atoms with E-state index in [1.807, 2.05) is 41.1 Å². The molecule has 0 amide bonds. The van der Waals surface area contributed by atoms with E-state index < -0.39 is 0 Å². The highest BCUT2D eigenvalue weighted by Crippen LogP contribution is 2.26. The molecular weight excluding hydrogens is 276 g/mol. The lowest BCUT2D eigenvalue weighted by Gasteiger charge is -2.10. The third-order valence-electron chi connectivity index (χ3n) is 3.57. The van der Waals surface area contributed by atoms with Gasteiger partial charge in [0, 0.05) is 24.5 Å². The van der Waals surface area contributed by atoms with Crippen LogP contribution >= 0.6 is 0 Å². The van der Waals surface area contributed by atoms with Gasteiger partial charge < -0.3 is 10.4 Å². The van der Waals surface area contributed by atoms with Gasteiger partial charge in [0.2, 0.25) is 0 Å². The first-order valence-corrected chi connectivity index (χ1v) is 7.45. The third kappa shape index (κ3) is 2.67. The first-order chi connectivity index (χ1) is 10.7. The SMILES string of the molecule is CC(C)CNc1nccn2c(-c3ccccc3CO)cnc12. The second-order valence-electron chi connectivity index (χ2n) is 5.70. The molecule has 0 saturated heterocycles. The minimum Gasteiger partial charge on any atom is -0.392 e. The van der Waals surface area contributed by atoms with Gasteiger partial charge in [-0.1, -0.05) is 38.1 Å². The lowest BCUT2D eigenvalue weighted by Crippen LogP contribution is -2.10. The van der Waals surface area contributed by atoms with E-state index in [0.29, 0.717) is 5.92 Å². The van der Waals surface area contributed by atoms with Crippen LogP contribution < -0.4 is 5.32 Å². The average molecular weight is 296 g/mol. The molecule has 0 atom stereocenters. The number of nitrogens with zero attached hydrogens (tertiary/aromatic N) is 3. The highest BCUT2D eigenvalue weighted by molar-refractivity contribution is 5.72. The molecule has 22 heavy (non-hydrogen) atoms. The maximum Gasteiger partial charge on any atom is 0.180 e. The highest BCUT2D eigenvalue weighted by atomic mass is 16.3. The van der Waals surface area contributed by atoms with Crippen LogP contribution in [0.2, 0.25) is 0 Å². The van der Waals surface area contributed by atoms with Gasteiger partial charge in [0.15, 0.2) is 11.5 Å². The van der Waals surface area contributed by atoms with Gasteiger partial charge >= 0.3 is 0 Å². The lowest BCUT2D eigenvalue weighted by molar-refractivity contribution is 0.282. The van der Waals surface area contributed by atoms with Gasteiger partial charge in [-0.15, -0.1) is 0 Å². The fourth-order valence-corrected chi connectivity index (χ4v) is 2.45. The minimum atomic E-state index is 0.00689. The number of imidazole rings is 1. The van der Waals surface area contributed by atoms with Gasteiger partial charge in [-0.05, 0) is 11.5 Å². The maximum absolute atomic E-state index is 9.53. The molecule has 3 aromatic rings. The zero-order valence-corrected chi connectivity index (χ0v) is 12.8. The molecule has 0 aliphatic rings. The van der Waals surface area contributed by atoms with Crippen molar-refractivity contribution in [3.63, 3.8) is 0 Å². The largest absolute Gasteiger partial charge is 0.392 e. The molecule has 0 bridgehead atoms. The summed E-state index contributed by atoms with van der Waals surface area (Å²) in [4.78, 5) is 8.89. The van der Waals surface area contributed by atoms with Crippen molar-refractivity contribution < 1.29 is 5.11 Å². The molecule has 0 fully saturated rings. The van der Waals surface area contributed by atoms with Crippen molar-refractivity contribution in [1.82, 2.24) is 14.4 Å². The number of aliphatic hydroxyl groups is 1. The Morgan fingerprint density at radius 1 is 1.23 bits per heavy atom. The lowest BCUT2D eigenvalue weighted by atomic mass is 10.1. The van der Waals surface area contributed by atoms with Gasteiger partial charge in [-0.2, -0.15) is 0 Å². The van der Waals surface area contributed by atoms with Crippen LogP contribution in [0.1, 0.15) is 19.4 Å². The molecule has 0 aliphatic heterocycles. The fourth-order valence-electron chi connectivity index (χ4n) is 2.45. The van der Waals surface area contributed by atoms with Crippen LogP contribution in [0.5, 0.6) is 0 Å². The van der Waals surface area contributed by atoms with Crippen molar-refractivity contribution in [1.29, 1.82) is 0 Å². The predicted octanol–water partition coefficient (Wildman–Crippen LogP) is 2.96. The fraction of sp³-hybridized carbons (Fsp3) is 0.294. The van der Waals surface area contributed by atoms with Crippen LogP contribution in [0, 0.1) is 5.92 Å². The van der Waals surface area contributed by atoms with E-state index in [2.05, 4.69) is 29.1 Å². The van der Waals surface area contributed by atoms with Gasteiger partial charge in [-0.3, -0.25) is 4.40 Å². The zero-order chi connectivity index (χ0) is 15.5. The van der Waals surface area contributed by atoms with Crippen LogP contribution in [0.3, 0.4) is 0 Å². The van der Waals surface area contributed by atoms with Crippen molar-refractivity contribution in [2.24, 2.45) is 5.92 Å². The molecule has 1 aromatic carbocycles. The monoisotopic (exact) mass is 296 g/mol. The summed E-state index contributed by atoms with van der Waals surface area (Å²) in [5.41, 5.74) is 3.62. The average Bonchev–Trinajstić information content (AvgIpc) is 2.97. The number of anilines is 1. The summed E-state index contributed by atoms with van der Waals surface area (Å²) in [5.74, 6) is 1.32. The number of benzene rings is 1. The molecule has 3 rings (SSSR count). The van der Waals surface area contributed by atoms with Crippen molar-refractivity contribution in [3.05, 3.63) is 48.4 Å². The molecule has 5 nitrogen and oxygen atoms in total. The Bertz CT molecular complexity index is 779. The molecule has 114 valence electrons. The normalized spacial score (nSPS) is 11.3. The van der Waals surface area contributed by atoms with Crippen molar-refractivity contribution in [2.45, 2.75) is 20.5 Å². The summed E-state index contributed by atoms with van der Waals surface area (Å²) >= 11 is 0. The Labute approximate surface area is 129 Å². The van der Waals surface area contributed by atoms with Crippen molar-refractivity contribution in [3.8, 4) is 11.3 Å². The molecule has 0 radical (unpaired) electrons. The van der Waals surface area contributed by atoms with E-state index in [-0.39, 0.29) is 6.61 Å². The van der Waals surface area contributed by atoms with E-state index in [4.69, 9.17) is 0 Å². The minimum absolute atomic E-state index is 0.00689. The number of hydrogen-bond donors (Lipinski definition) is 2. The second kappa shape index (κ2) is 6.15. The quantitative estimate of drug-likeness (QED) is 0.760. The Morgan fingerprint density at radius 2 is 2.05 bits per heavy atom. The molecule has 5 heteroatoms. The maximum atomic E-state index is 9.53. The number of fused-ring (bicyclic) bond motifs is 1. The summed E-state index contributed by atoms with van der Waals surface area (Å²) in [7, 11) is 0. The molecule has 0 saturated carbocycles. The third-order valence-corrected chi connectivity index (χ3v) is 3.57. The Morgan fingerprint density at radius 3 is 2.82 bits per heavy atom. The van der Waals surface area contributed by atoms with Gasteiger partial charge in [0.1, 0.15) is 0 Å². The molecule has 0 unspecified atom stereocenters. The van der Waals surface area contributed by atoms with E-state index in [1.165, 1.54) is 0 Å². The number of aromatic nitrogens is 3. The summed E-state index contributed by atoms with van der Waals surface area (Å²) in [6.07, 6.45) is 5.49. The number of hydrogen-bond acceptors (Lipinski definition) is 4.